The molecule has 1 N–H and O–H groups in total. The first-order valence-electron chi connectivity index (χ1n) is 8.39. The molecule has 9 heteroatoms. The standard InChI is InChI=1S/C17H17N5O3S/c1-22-5-4-18-7-11(22)15-20-16(25-21-15)14-8-19-17(26-14)10-2-3-12-13(6-10)24-9-23-12/h2-3,6,8,11,18H,4-5,7,9H2,1H3. The molecule has 2 aromatic heterocycles. The molecule has 2 aliphatic heterocycles. The molecular weight excluding hydrogens is 354 g/mol. The van der Waals surface area contributed by atoms with E-state index >= 15 is 0 Å². The SMILES string of the molecule is CN1CCNCC1c1noc(-c2cnc(-c3ccc4c(c3)OCO4)s2)n1. The summed E-state index contributed by atoms with van der Waals surface area (Å²) in [5, 5.41) is 8.40. The molecule has 1 aromatic carbocycles. The molecule has 0 amide bonds. The lowest BCUT2D eigenvalue weighted by Gasteiger charge is -2.30. The number of nitrogens with zero attached hydrogens (tertiary/aromatic N) is 4. The second-order valence-electron chi connectivity index (χ2n) is 6.26. The number of fused-ring (bicyclic) bond motifs is 1. The zero-order valence-electron chi connectivity index (χ0n) is 14.1. The Morgan fingerprint density at radius 3 is 3.12 bits per heavy atom. The molecule has 1 unspecified atom stereocenters. The van der Waals surface area contributed by atoms with Gasteiger partial charge in [-0.2, -0.15) is 4.98 Å². The highest BCUT2D eigenvalue weighted by molar-refractivity contribution is 7.18. The van der Waals surface area contributed by atoms with Crippen LogP contribution in [-0.2, 0) is 0 Å². The van der Waals surface area contributed by atoms with Crippen molar-refractivity contribution in [3.05, 3.63) is 30.2 Å². The van der Waals surface area contributed by atoms with Crippen molar-refractivity contribution in [3.63, 3.8) is 0 Å². The summed E-state index contributed by atoms with van der Waals surface area (Å²) in [5.74, 6) is 2.71. The maximum Gasteiger partial charge on any atom is 0.269 e. The quantitative estimate of drug-likeness (QED) is 0.750. The first-order chi connectivity index (χ1) is 12.8. The molecule has 5 rings (SSSR count). The van der Waals surface area contributed by atoms with Crippen LogP contribution in [0.15, 0.2) is 28.9 Å². The first-order valence-corrected chi connectivity index (χ1v) is 9.20. The van der Waals surface area contributed by atoms with Gasteiger partial charge in [0.15, 0.2) is 17.3 Å². The summed E-state index contributed by atoms with van der Waals surface area (Å²) < 4.78 is 16.3. The molecule has 1 saturated heterocycles. The predicted octanol–water partition coefficient (Wildman–Crippen LogP) is 2.16. The van der Waals surface area contributed by atoms with Crippen molar-refractivity contribution in [2.75, 3.05) is 33.5 Å². The lowest BCUT2D eigenvalue weighted by Crippen LogP contribution is -2.44. The highest BCUT2D eigenvalue weighted by atomic mass is 32.1. The van der Waals surface area contributed by atoms with Crippen LogP contribution in [0.1, 0.15) is 11.9 Å². The molecule has 0 bridgehead atoms. The van der Waals surface area contributed by atoms with E-state index in [1.54, 1.807) is 6.20 Å². The summed E-state index contributed by atoms with van der Waals surface area (Å²) in [7, 11) is 2.08. The Kier molecular flexibility index (Phi) is 3.84. The number of thiazole rings is 1. The van der Waals surface area contributed by atoms with Gasteiger partial charge in [-0.1, -0.05) is 5.16 Å². The van der Waals surface area contributed by atoms with Gasteiger partial charge in [0.05, 0.1) is 12.2 Å². The third kappa shape index (κ3) is 2.74. The summed E-state index contributed by atoms with van der Waals surface area (Å²) in [6.45, 7) is 3.02. The fourth-order valence-corrected chi connectivity index (χ4v) is 3.93. The lowest BCUT2D eigenvalue weighted by molar-refractivity contribution is 0.174. The molecule has 0 saturated carbocycles. The molecule has 8 nitrogen and oxygen atoms in total. The smallest absolute Gasteiger partial charge is 0.269 e. The van der Waals surface area contributed by atoms with Crippen LogP contribution in [0.2, 0.25) is 0 Å². The van der Waals surface area contributed by atoms with Crippen molar-refractivity contribution in [2.45, 2.75) is 6.04 Å². The Morgan fingerprint density at radius 1 is 1.27 bits per heavy atom. The Bertz CT molecular complexity index is 940. The number of ether oxygens (including phenoxy) is 2. The van der Waals surface area contributed by atoms with Crippen LogP contribution in [0.4, 0.5) is 0 Å². The van der Waals surface area contributed by atoms with E-state index in [1.165, 1.54) is 11.3 Å². The Labute approximate surface area is 153 Å². The van der Waals surface area contributed by atoms with Crippen LogP contribution in [-0.4, -0.2) is 53.5 Å². The fraction of sp³-hybridized carbons (Fsp3) is 0.353. The first kappa shape index (κ1) is 15.7. The molecule has 26 heavy (non-hydrogen) atoms. The lowest BCUT2D eigenvalue weighted by atomic mass is 10.2. The Hall–Kier alpha value is -2.49. The van der Waals surface area contributed by atoms with E-state index in [0.29, 0.717) is 11.7 Å². The van der Waals surface area contributed by atoms with Crippen LogP contribution in [0.3, 0.4) is 0 Å². The molecular formula is C17H17N5O3S. The van der Waals surface area contributed by atoms with Gasteiger partial charge in [-0.15, -0.1) is 11.3 Å². The van der Waals surface area contributed by atoms with Gasteiger partial charge in [-0.05, 0) is 25.2 Å². The van der Waals surface area contributed by atoms with Crippen molar-refractivity contribution >= 4 is 11.3 Å². The van der Waals surface area contributed by atoms with Gasteiger partial charge >= 0.3 is 0 Å². The topological polar surface area (TPSA) is 85.5 Å². The third-order valence-electron chi connectivity index (χ3n) is 4.59. The van der Waals surface area contributed by atoms with Crippen molar-refractivity contribution in [1.29, 1.82) is 0 Å². The van der Waals surface area contributed by atoms with Crippen LogP contribution < -0.4 is 14.8 Å². The van der Waals surface area contributed by atoms with E-state index in [0.717, 1.165) is 46.6 Å². The summed E-state index contributed by atoms with van der Waals surface area (Å²) in [6, 6.07) is 5.93. The van der Waals surface area contributed by atoms with Gasteiger partial charge in [-0.25, -0.2) is 4.98 Å². The number of rotatable bonds is 3. The minimum absolute atomic E-state index is 0.127. The number of likely N-dealkylation sites (N-methyl/N-ethyl adjacent to an activating group) is 1. The Balaban J connectivity index is 1.40. The predicted molar refractivity (Wildman–Crippen MR) is 95.2 cm³/mol. The van der Waals surface area contributed by atoms with Crippen molar-refractivity contribution in [1.82, 2.24) is 25.3 Å². The van der Waals surface area contributed by atoms with E-state index in [-0.39, 0.29) is 12.8 Å². The summed E-state index contributed by atoms with van der Waals surface area (Å²) >= 11 is 1.51. The maximum absolute atomic E-state index is 5.49. The molecule has 4 heterocycles. The van der Waals surface area contributed by atoms with E-state index in [9.17, 15) is 0 Å². The van der Waals surface area contributed by atoms with E-state index in [4.69, 9.17) is 14.0 Å². The Morgan fingerprint density at radius 2 is 2.19 bits per heavy atom. The number of benzene rings is 1. The number of hydrogen-bond donors (Lipinski definition) is 1. The summed E-state index contributed by atoms with van der Waals surface area (Å²) in [4.78, 5) is 12.2. The highest BCUT2D eigenvalue weighted by Gasteiger charge is 2.26. The monoisotopic (exact) mass is 371 g/mol. The number of piperazine rings is 1. The molecule has 0 spiro atoms. The zero-order valence-corrected chi connectivity index (χ0v) is 15.0. The fourth-order valence-electron chi connectivity index (χ4n) is 3.10. The minimum Gasteiger partial charge on any atom is -0.454 e. The summed E-state index contributed by atoms with van der Waals surface area (Å²) in [5.41, 5.74) is 0.974. The van der Waals surface area contributed by atoms with Crippen LogP contribution in [0.5, 0.6) is 11.5 Å². The molecule has 134 valence electrons. The molecule has 1 fully saturated rings. The average Bonchev–Trinajstić information content (AvgIpc) is 3.40. The minimum atomic E-state index is 0.127. The molecule has 0 radical (unpaired) electrons. The number of aromatic nitrogens is 3. The van der Waals surface area contributed by atoms with Crippen LogP contribution in [0, 0.1) is 0 Å². The van der Waals surface area contributed by atoms with Gasteiger partial charge in [-0.3, -0.25) is 4.90 Å². The van der Waals surface area contributed by atoms with Crippen molar-refractivity contribution in [2.24, 2.45) is 0 Å². The van der Waals surface area contributed by atoms with Crippen molar-refractivity contribution in [3.8, 4) is 32.8 Å². The number of nitrogens with one attached hydrogen (secondary N) is 1. The largest absolute Gasteiger partial charge is 0.454 e. The van der Waals surface area contributed by atoms with Gasteiger partial charge < -0.3 is 19.3 Å². The molecule has 2 aliphatic rings. The third-order valence-corrected chi connectivity index (χ3v) is 5.62. The van der Waals surface area contributed by atoms with Crippen LogP contribution >= 0.6 is 11.3 Å². The molecule has 1 atom stereocenters. The normalized spacial score (nSPS) is 19.8. The van der Waals surface area contributed by atoms with Gasteiger partial charge in [0.1, 0.15) is 9.88 Å². The van der Waals surface area contributed by atoms with Gasteiger partial charge in [0.2, 0.25) is 6.79 Å². The van der Waals surface area contributed by atoms with Crippen molar-refractivity contribution < 1.29 is 14.0 Å². The second-order valence-corrected chi connectivity index (χ2v) is 7.29. The average molecular weight is 371 g/mol. The summed E-state index contributed by atoms with van der Waals surface area (Å²) in [6.07, 6.45) is 1.77. The van der Waals surface area contributed by atoms with E-state index in [2.05, 4.69) is 32.4 Å². The van der Waals surface area contributed by atoms with E-state index in [1.807, 2.05) is 18.2 Å². The maximum atomic E-state index is 5.49. The van der Waals surface area contributed by atoms with Gasteiger partial charge in [0, 0.05) is 25.2 Å². The van der Waals surface area contributed by atoms with Crippen LogP contribution in [0.25, 0.3) is 21.3 Å². The van der Waals surface area contributed by atoms with E-state index < -0.39 is 0 Å². The molecule has 0 aliphatic carbocycles. The number of hydrogen-bond acceptors (Lipinski definition) is 9. The zero-order chi connectivity index (χ0) is 17.5. The highest BCUT2D eigenvalue weighted by Crippen LogP contribution is 2.38. The second kappa shape index (κ2) is 6.35. The van der Waals surface area contributed by atoms with Gasteiger partial charge in [0.25, 0.3) is 5.89 Å². The molecule has 3 aromatic rings.